The van der Waals surface area contributed by atoms with Crippen LogP contribution >= 0.6 is 0 Å². The standard InChI is InChI=1S/C27H26N6O2/c28-13-19-5-7-22(8-6-19)30-23-9-10-26-31-25(18-33(26)16-23)27(35)29-14-24(34)17-32-12-11-20-3-1-2-4-21(20)15-32/h1-10,16,18,24,30,34H,11-12,14-15,17H2,(H,29,35)/t24-/m0/s1. The second-order valence-electron chi connectivity index (χ2n) is 8.74. The number of nitriles is 1. The Morgan fingerprint density at radius 2 is 1.83 bits per heavy atom. The molecule has 0 aliphatic carbocycles. The number of carbonyl (C=O) groups is 1. The van der Waals surface area contributed by atoms with Gasteiger partial charge in [-0.05, 0) is 53.9 Å². The fraction of sp³-hybridized carbons (Fsp3) is 0.222. The highest BCUT2D eigenvalue weighted by molar-refractivity contribution is 5.92. The van der Waals surface area contributed by atoms with Gasteiger partial charge in [-0.3, -0.25) is 9.69 Å². The zero-order valence-electron chi connectivity index (χ0n) is 19.2. The van der Waals surface area contributed by atoms with Gasteiger partial charge < -0.3 is 20.1 Å². The molecule has 1 atom stereocenters. The number of β-amino-alcohol motifs (C(OH)–C–C–N with tert-alkyl or cyclic N) is 1. The van der Waals surface area contributed by atoms with Gasteiger partial charge in [-0.1, -0.05) is 24.3 Å². The smallest absolute Gasteiger partial charge is 0.271 e. The van der Waals surface area contributed by atoms with Gasteiger partial charge in [-0.15, -0.1) is 0 Å². The number of nitrogens with one attached hydrogen (secondary N) is 2. The van der Waals surface area contributed by atoms with Crippen molar-refractivity contribution in [3.8, 4) is 6.07 Å². The molecule has 1 aliphatic heterocycles. The van der Waals surface area contributed by atoms with Gasteiger partial charge in [0, 0.05) is 44.3 Å². The predicted octanol–water partition coefficient (Wildman–Crippen LogP) is 3.10. The molecule has 3 heterocycles. The molecule has 0 bridgehead atoms. The van der Waals surface area contributed by atoms with E-state index in [2.05, 4.69) is 44.8 Å². The van der Waals surface area contributed by atoms with Crippen LogP contribution in [0.1, 0.15) is 27.2 Å². The summed E-state index contributed by atoms with van der Waals surface area (Å²) in [5, 5.41) is 25.5. The van der Waals surface area contributed by atoms with Crippen LogP contribution in [0.2, 0.25) is 0 Å². The number of fused-ring (bicyclic) bond motifs is 2. The van der Waals surface area contributed by atoms with Crippen molar-refractivity contribution in [3.63, 3.8) is 0 Å². The van der Waals surface area contributed by atoms with Gasteiger partial charge in [0.15, 0.2) is 0 Å². The largest absolute Gasteiger partial charge is 0.390 e. The Hall–Kier alpha value is -4.19. The van der Waals surface area contributed by atoms with E-state index in [9.17, 15) is 9.90 Å². The summed E-state index contributed by atoms with van der Waals surface area (Å²) >= 11 is 0. The first kappa shape index (κ1) is 22.6. The molecule has 35 heavy (non-hydrogen) atoms. The number of hydrogen-bond acceptors (Lipinski definition) is 6. The van der Waals surface area contributed by atoms with Crippen LogP contribution in [0.5, 0.6) is 0 Å². The number of rotatable bonds is 7. The van der Waals surface area contributed by atoms with Crippen LogP contribution in [0.15, 0.2) is 73.1 Å². The maximum Gasteiger partial charge on any atom is 0.271 e. The zero-order valence-corrected chi connectivity index (χ0v) is 19.2. The van der Waals surface area contributed by atoms with Crippen molar-refractivity contribution in [1.29, 1.82) is 5.26 Å². The first-order chi connectivity index (χ1) is 17.1. The molecule has 0 radical (unpaired) electrons. The van der Waals surface area contributed by atoms with Gasteiger partial charge in [0.25, 0.3) is 5.91 Å². The Morgan fingerprint density at radius 1 is 1.06 bits per heavy atom. The van der Waals surface area contributed by atoms with E-state index < -0.39 is 6.10 Å². The normalized spacial score (nSPS) is 14.2. The van der Waals surface area contributed by atoms with Gasteiger partial charge in [0.2, 0.25) is 0 Å². The van der Waals surface area contributed by atoms with E-state index in [0.29, 0.717) is 23.4 Å². The molecular formula is C27H26N6O2. The number of aromatic nitrogens is 2. The average Bonchev–Trinajstić information content (AvgIpc) is 3.31. The minimum Gasteiger partial charge on any atom is -0.390 e. The van der Waals surface area contributed by atoms with Crippen molar-refractivity contribution >= 4 is 22.9 Å². The van der Waals surface area contributed by atoms with Crippen LogP contribution in [0.4, 0.5) is 11.4 Å². The summed E-state index contributed by atoms with van der Waals surface area (Å²) in [4.78, 5) is 19.3. The lowest BCUT2D eigenvalue weighted by atomic mass is 10.00. The lowest BCUT2D eigenvalue weighted by Crippen LogP contribution is -2.42. The summed E-state index contributed by atoms with van der Waals surface area (Å²) in [6.45, 7) is 2.38. The monoisotopic (exact) mass is 466 g/mol. The Morgan fingerprint density at radius 3 is 2.63 bits per heavy atom. The van der Waals surface area contributed by atoms with Gasteiger partial charge in [-0.25, -0.2) is 4.98 Å². The molecule has 0 fully saturated rings. The van der Waals surface area contributed by atoms with Crippen LogP contribution in [0.25, 0.3) is 5.65 Å². The Balaban J connectivity index is 1.16. The molecule has 1 amide bonds. The fourth-order valence-corrected chi connectivity index (χ4v) is 4.34. The van der Waals surface area contributed by atoms with E-state index in [1.165, 1.54) is 11.1 Å². The number of pyridine rings is 1. The highest BCUT2D eigenvalue weighted by atomic mass is 16.3. The van der Waals surface area contributed by atoms with Crippen LogP contribution in [0, 0.1) is 11.3 Å². The van der Waals surface area contributed by atoms with Crippen molar-refractivity contribution in [3.05, 3.63) is 95.4 Å². The van der Waals surface area contributed by atoms with E-state index in [0.717, 1.165) is 30.9 Å². The second-order valence-corrected chi connectivity index (χ2v) is 8.74. The Labute approximate surface area is 203 Å². The number of benzene rings is 2. The van der Waals surface area contributed by atoms with E-state index in [-0.39, 0.29) is 12.5 Å². The molecule has 0 unspecified atom stereocenters. The lowest BCUT2D eigenvalue weighted by molar-refractivity contribution is 0.0838. The van der Waals surface area contributed by atoms with Crippen LogP contribution in [-0.4, -0.2) is 51.0 Å². The Bertz CT molecular complexity index is 1390. The third-order valence-corrected chi connectivity index (χ3v) is 6.16. The molecule has 2 aromatic heterocycles. The molecular weight excluding hydrogens is 440 g/mol. The molecule has 1 aliphatic rings. The second kappa shape index (κ2) is 9.97. The quantitative estimate of drug-likeness (QED) is 0.387. The number of carbonyl (C=O) groups excluding carboxylic acids is 1. The number of aliphatic hydroxyl groups is 1. The summed E-state index contributed by atoms with van der Waals surface area (Å²) in [6.07, 6.45) is 3.83. The maximum absolute atomic E-state index is 12.7. The topological polar surface area (TPSA) is 106 Å². The van der Waals surface area contributed by atoms with E-state index in [1.54, 1.807) is 22.7 Å². The molecule has 4 aromatic rings. The molecule has 0 saturated carbocycles. The lowest BCUT2D eigenvalue weighted by Gasteiger charge is -2.30. The zero-order chi connectivity index (χ0) is 24.2. The summed E-state index contributed by atoms with van der Waals surface area (Å²) < 4.78 is 1.78. The molecule has 0 spiro atoms. The SMILES string of the molecule is N#Cc1ccc(Nc2ccc3nc(C(=O)NC[C@H](O)CN4CCc5ccccc5C4)cn3c2)cc1. The van der Waals surface area contributed by atoms with Crippen LogP contribution < -0.4 is 10.6 Å². The van der Waals surface area contributed by atoms with E-state index in [1.807, 2.05) is 36.5 Å². The summed E-state index contributed by atoms with van der Waals surface area (Å²) in [5.74, 6) is -0.321. The third-order valence-electron chi connectivity index (χ3n) is 6.16. The summed E-state index contributed by atoms with van der Waals surface area (Å²) in [5.41, 5.74) is 5.88. The highest BCUT2D eigenvalue weighted by Crippen LogP contribution is 2.19. The molecule has 8 nitrogen and oxygen atoms in total. The van der Waals surface area contributed by atoms with Gasteiger partial charge in [0.1, 0.15) is 11.3 Å². The van der Waals surface area contributed by atoms with Gasteiger partial charge in [-0.2, -0.15) is 5.26 Å². The number of nitrogens with zero attached hydrogens (tertiary/aromatic N) is 4. The van der Waals surface area contributed by atoms with Crippen molar-refractivity contribution in [1.82, 2.24) is 19.6 Å². The van der Waals surface area contributed by atoms with E-state index >= 15 is 0 Å². The number of aliphatic hydroxyl groups excluding tert-OH is 1. The van der Waals surface area contributed by atoms with Gasteiger partial charge in [0.05, 0.1) is 23.4 Å². The average molecular weight is 467 g/mol. The minimum atomic E-state index is -0.663. The van der Waals surface area contributed by atoms with Crippen molar-refractivity contribution < 1.29 is 9.90 Å². The number of amides is 1. The van der Waals surface area contributed by atoms with Crippen molar-refractivity contribution in [2.24, 2.45) is 0 Å². The highest BCUT2D eigenvalue weighted by Gasteiger charge is 2.19. The molecule has 3 N–H and O–H groups in total. The molecule has 8 heteroatoms. The fourth-order valence-electron chi connectivity index (χ4n) is 4.34. The summed E-state index contributed by atoms with van der Waals surface area (Å²) in [7, 11) is 0. The summed E-state index contributed by atoms with van der Waals surface area (Å²) in [6, 6.07) is 21.4. The molecule has 2 aromatic carbocycles. The van der Waals surface area contributed by atoms with E-state index in [4.69, 9.17) is 5.26 Å². The van der Waals surface area contributed by atoms with Crippen molar-refractivity contribution in [2.75, 3.05) is 25.0 Å². The minimum absolute atomic E-state index is 0.163. The first-order valence-electron chi connectivity index (χ1n) is 11.6. The Kier molecular flexibility index (Phi) is 6.44. The molecule has 5 rings (SSSR count). The number of hydrogen-bond donors (Lipinski definition) is 3. The van der Waals surface area contributed by atoms with Crippen molar-refractivity contribution in [2.45, 2.75) is 19.1 Å². The number of anilines is 2. The maximum atomic E-state index is 12.7. The van der Waals surface area contributed by atoms with Gasteiger partial charge >= 0.3 is 0 Å². The molecule has 0 saturated heterocycles. The third kappa shape index (κ3) is 5.32. The number of imidazole rings is 1. The molecule has 176 valence electrons. The van der Waals surface area contributed by atoms with Crippen LogP contribution in [-0.2, 0) is 13.0 Å². The van der Waals surface area contributed by atoms with Crippen LogP contribution in [0.3, 0.4) is 0 Å². The first-order valence-corrected chi connectivity index (χ1v) is 11.6. The predicted molar refractivity (Wildman–Crippen MR) is 133 cm³/mol.